The Hall–Kier alpha value is -3.00. The molecule has 35 heavy (non-hydrogen) atoms. The van der Waals surface area contributed by atoms with E-state index in [1.165, 1.54) is 18.4 Å². The third-order valence-corrected chi connectivity index (χ3v) is 6.23. The van der Waals surface area contributed by atoms with Crippen molar-refractivity contribution in [3.05, 3.63) is 71.8 Å². The van der Waals surface area contributed by atoms with Crippen LogP contribution in [0.15, 0.2) is 65.6 Å². The van der Waals surface area contributed by atoms with Crippen LogP contribution in [-0.2, 0) is 4.74 Å². The number of aryl methyl sites for hydroxylation is 1. The van der Waals surface area contributed by atoms with Gasteiger partial charge in [0.05, 0.1) is 12.0 Å². The van der Waals surface area contributed by atoms with Gasteiger partial charge in [-0.05, 0) is 80.2 Å². The number of rotatable bonds is 8. The van der Waals surface area contributed by atoms with Crippen molar-refractivity contribution >= 4 is 29.2 Å². The first kappa shape index (κ1) is 28.2. The van der Waals surface area contributed by atoms with E-state index in [1.807, 2.05) is 69.3 Å². The molecule has 0 radical (unpaired) electrons. The van der Waals surface area contributed by atoms with E-state index < -0.39 is 5.72 Å². The molecule has 0 unspecified atom stereocenters. The summed E-state index contributed by atoms with van der Waals surface area (Å²) in [5.74, 6) is 0.393. The molecule has 0 atom stereocenters. The topological polar surface area (TPSA) is 85.6 Å². The zero-order valence-electron chi connectivity index (χ0n) is 21.7. The van der Waals surface area contributed by atoms with Gasteiger partial charge in [0.2, 0.25) is 0 Å². The second-order valence-electron chi connectivity index (χ2n) is 8.56. The van der Waals surface area contributed by atoms with E-state index in [-0.39, 0.29) is 5.91 Å². The lowest BCUT2D eigenvalue weighted by atomic mass is 9.98. The maximum Gasteiger partial charge on any atom is 0.255 e. The predicted molar refractivity (Wildman–Crippen MR) is 148 cm³/mol. The summed E-state index contributed by atoms with van der Waals surface area (Å²) in [5.41, 5.74) is 10.6. The summed E-state index contributed by atoms with van der Waals surface area (Å²) in [5, 5.41) is 2.96. The molecule has 0 saturated heterocycles. The number of ether oxygens (including phenoxy) is 2. The number of methoxy groups -OCH3 is 2. The number of carbonyl (C=O) groups excluding carboxylic acids is 1. The van der Waals surface area contributed by atoms with Crippen molar-refractivity contribution in [1.82, 2.24) is 4.72 Å². The van der Waals surface area contributed by atoms with E-state index in [0.29, 0.717) is 17.0 Å². The molecule has 3 rings (SSSR count). The molecule has 0 bridgehead atoms. The van der Waals surface area contributed by atoms with Crippen molar-refractivity contribution in [1.29, 1.82) is 0 Å². The number of para-hydroxylation sites is 1. The van der Waals surface area contributed by atoms with Crippen molar-refractivity contribution in [2.75, 3.05) is 25.3 Å². The molecular weight excluding hydrogens is 458 g/mol. The van der Waals surface area contributed by atoms with Crippen LogP contribution >= 0.6 is 11.9 Å². The molecule has 0 saturated carbocycles. The molecule has 0 heterocycles. The third kappa shape index (κ3) is 8.02. The molecule has 0 spiro atoms. The molecule has 0 aliphatic rings. The first-order valence-corrected chi connectivity index (χ1v) is 12.4. The highest BCUT2D eigenvalue weighted by atomic mass is 32.2. The number of carbonyl (C=O) groups is 1. The summed E-state index contributed by atoms with van der Waals surface area (Å²) in [6.45, 7) is 10.1. The number of hydrogen-bond acceptors (Lipinski definition) is 6. The Morgan fingerprint density at radius 2 is 1.69 bits per heavy atom. The minimum absolute atomic E-state index is 0.212. The maximum atomic E-state index is 12.8. The van der Waals surface area contributed by atoms with Crippen molar-refractivity contribution in [3.8, 4) is 16.9 Å². The Labute approximate surface area is 213 Å². The van der Waals surface area contributed by atoms with Gasteiger partial charge in [-0.2, -0.15) is 0 Å². The van der Waals surface area contributed by atoms with Crippen LogP contribution in [0.3, 0.4) is 0 Å². The zero-order chi connectivity index (χ0) is 26.0. The first-order chi connectivity index (χ1) is 16.6. The number of amides is 1. The normalized spacial score (nSPS) is 10.8. The van der Waals surface area contributed by atoms with E-state index in [9.17, 15) is 4.79 Å². The van der Waals surface area contributed by atoms with Crippen LogP contribution in [0.1, 0.15) is 50.0 Å². The number of hydrogen-bond donors (Lipinski definition) is 3. The van der Waals surface area contributed by atoms with Crippen molar-refractivity contribution in [2.24, 2.45) is 0 Å². The lowest BCUT2D eigenvalue weighted by Crippen LogP contribution is -2.36. The van der Waals surface area contributed by atoms with E-state index >= 15 is 0 Å². The van der Waals surface area contributed by atoms with Crippen molar-refractivity contribution < 1.29 is 14.3 Å². The smallest absolute Gasteiger partial charge is 0.255 e. The van der Waals surface area contributed by atoms with E-state index in [4.69, 9.17) is 15.2 Å². The van der Waals surface area contributed by atoms with E-state index in [2.05, 4.69) is 23.9 Å². The molecule has 6 nitrogen and oxygen atoms in total. The minimum Gasteiger partial charge on any atom is -0.496 e. The van der Waals surface area contributed by atoms with Crippen LogP contribution < -0.4 is 20.5 Å². The average molecular weight is 496 g/mol. The zero-order valence-corrected chi connectivity index (χ0v) is 22.5. The summed E-state index contributed by atoms with van der Waals surface area (Å²) in [7, 11) is 3.22. The molecule has 0 aromatic heterocycles. The Bertz CT molecular complexity index is 1130. The van der Waals surface area contributed by atoms with Gasteiger partial charge < -0.3 is 20.5 Å². The Morgan fingerprint density at radius 3 is 2.29 bits per heavy atom. The molecule has 3 aromatic carbocycles. The number of nitrogens with two attached hydrogens (primary N) is 1. The van der Waals surface area contributed by atoms with Crippen molar-refractivity contribution in [2.45, 2.75) is 51.7 Å². The summed E-state index contributed by atoms with van der Waals surface area (Å²) in [6.07, 6.45) is 1.25. The quantitative estimate of drug-likeness (QED) is 0.179. The number of benzene rings is 3. The van der Waals surface area contributed by atoms with Crippen LogP contribution in [0.2, 0.25) is 0 Å². The number of anilines is 2. The van der Waals surface area contributed by atoms with Crippen LogP contribution in [0.5, 0.6) is 5.75 Å². The molecule has 0 aliphatic carbocycles. The molecule has 0 fully saturated rings. The highest BCUT2D eigenvalue weighted by molar-refractivity contribution is 7.97. The molecule has 1 amide bonds. The van der Waals surface area contributed by atoms with Gasteiger partial charge in [0.15, 0.2) is 0 Å². The minimum atomic E-state index is -0.500. The largest absolute Gasteiger partial charge is 0.496 e. The monoisotopic (exact) mass is 495 g/mol. The highest BCUT2D eigenvalue weighted by Gasteiger charge is 2.18. The van der Waals surface area contributed by atoms with Gasteiger partial charge in [-0.25, -0.2) is 4.72 Å². The molecule has 3 aromatic rings. The van der Waals surface area contributed by atoms with Gasteiger partial charge in [0.1, 0.15) is 11.5 Å². The predicted octanol–water partition coefficient (Wildman–Crippen LogP) is 6.90. The molecule has 0 aliphatic heterocycles. The van der Waals surface area contributed by atoms with Crippen LogP contribution in [-0.4, -0.2) is 25.9 Å². The van der Waals surface area contributed by atoms with Gasteiger partial charge in [0, 0.05) is 29.6 Å². The molecule has 4 N–H and O–H groups in total. The molecule has 188 valence electrons. The second-order valence-corrected chi connectivity index (χ2v) is 9.41. The fraction of sp³-hybridized carbons (Fsp3) is 0.321. The molecular formula is C28H37N3O3S. The van der Waals surface area contributed by atoms with Gasteiger partial charge in [-0.3, -0.25) is 4.79 Å². The summed E-state index contributed by atoms with van der Waals surface area (Å²) in [4.78, 5) is 13.7. The van der Waals surface area contributed by atoms with Gasteiger partial charge in [-0.15, -0.1) is 0 Å². The van der Waals surface area contributed by atoms with Gasteiger partial charge in [0.25, 0.3) is 5.91 Å². The van der Waals surface area contributed by atoms with Gasteiger partial charge >= 0.3 is 0 Å². The van der Waals surface area contributed by atoms with Crippen LogP contribution in [0.25, 0.3) is 11.1 Å². The third-order valence-electron chi connectivity index (χ3n) is 5.08. The van der Waals surface area contributed by atoms with E-state index in [1.54, 1.807) is 26.4 Å². The Kier molecular flexibility index (Phi) is 10.6. The fourth-order valence-corrected chi connectivity index (χ4v) is 3.92. The second kappa shape index (κ2) is 13.2. The summed E-state index contributed by atoms with van der Waals surface area (Å²) >= 11 is 1.39. The van der Waals surface area contributed by atoms with Crippen LogP contribution in [0.4, 0.5) is 11.4 Å². The Morgan fingerprint density at radius 1 is 1.00 bits per heavy atom. The lowest BCUT2D eigenvalue weighted by Gasteiger charge is -2.24. The van der Waals surface area contributed by atoms with Crippen LogP contribution in [0, 0.1) is 6.92 Å². The molecule has 7 heteroatoms. The standard InChI is InChI=1S/C25H29N3O3S.C3H8/c1-16-14-18(11-12-19(16)20-8-6-7-9-21(20)26)27-24(29)17-10-13-23(22(15-17)30-4)32-28-25(2,3)31-5;1-3-2/h6-15,28H,26H2,1-5H3,(H,27,29);3H2,1-2H3. The van der Waals surface area contributed by atoms with Crippen molar-refractivity contribution in [3.63, 3.8) is 0 Å². The summed E-state index contributed by atoms with van der Waals surface area (Å²) < 4.78 is 14.1. The lowest BCUT2D eigenvalue weighted by molar-refractivity contribution is 0.0155. The fourth-order valence-electron chi connectivity index (χ4n) is 3.10. The number of nitrogens with one attached hydrogen (secondary N) is 2. The highest BCUT2D eigenvalue weighted by Crippen LogP contribution is 2.32. The Balaban J connectivity index is 0.00000137. The summed E-state index contributed by atoms with van der Waals surface area (Å²) in [6, 6.07) is 18.9. The first-order valence-electron chi connectivity index (χ1n) is 11.6. The van der Waals surface area contributed by atoms with E-state index in [0.717, 1.165) is 27.3 Å². The maximum absolute atomic E-state index is 12.8. The average Bonchev–Trinajstić information content (AvgIpc) is 2.84. The van der Waals surface area contributed by atoms with Gasteiger partial charge in [-0.1, -0.05) is 44.5 Å². The SMILES string of the molecule is CCC.COc1cc(C(=O)Nc2ccc(-c3ccccc3N)c(C)c2)ccc1SNC(C)(C)OC. The number of nitrogen functional groups attached to an aromatic ring is 1.